The highest BCUT2D eigenvalue weighted by atomic mass is 32.2. The molecular weight excluding hydrogens is 271 g/mol. The summed E-state index contributed by atoms with van der Waals surface area (Å²) < 4.78 is 44.0. The van der Waals surface area contributed by atoms with Gasteiger partial charge in [0, 0.05) is 19.6 Å². The second kappa shape index (κ2) is 5.96. The summed E-state index contributed by atoms with van der Waals surface area (Å²) in [5.41, 5.74) is 6.06. The van der Waals surface area contributed by atoms with Gasteiger partial charge in [0.1, 0.15) is 5.82 Å². The molecule has 0 aliphatic carbocycles. The molecule has 2 N–H and O–H groups in total. The van der Waals surface area contributed by atoms with E-state index in [1.54, 1.807) is 0 Å². The Balaban J connectivity index is 2.07. The second-order valence-corrected chi connectivity index (χ2v) is 6.44. The summed E-state index contributed by atoms with van der Waals surface area (Å²) >= 11 is 0. The lowest BCUT2D eigenvalue weighted by Gasteiger charge is -2.31. The van der Waals surface area contributed by atoms with Crippen LogP contribution in [-0.4, -0.2) is 45.1 Å². The lowest BCUT2D eigenvalue weighted by molar-refractivity contribution is 0.00446. The normalized spacial score (nSPS) is 21.5. The Morgan fingerprint density at radius 2 is 2.05 bits per heavy atom. The molecule has 19 heavy (non-hydrogen) atoms. The van der Waals surface area contributed by atoms with Crippen LogP contribution >= 0.6 is 0 Å². The number of benzene rings is 1. The molecular formula is C12H17FN2O3S. The third kappa shape index (κ3) is 3.73. The number of ether oxygens (including phenoxy) is 1. The van der Waals surface area contributed by atoms with Crippen LogP contribution in [0, 0.1) is 5.82 Å². The molecule has 0 radical (unpaired) electrons. The predicted octanol–water partition coefficient (Wildman–Crippen LogP) is 0.315. The van der Waals surface area contributed by atoms with Crippen molar-refractivity contribution >= 4 is 10.0 Å². The van der Waals surface area contributed by atoms with Crippen LogP contribution in [0.2, 0.25) is 0 Å². The van der Waals surface area contributed by atoms with Crippen LogP contribution in [0.25, 0.3) is 0 Å². The topological polar surface area (TPSA) is 72.6 Å². The lowest BCUT2D eigenvalue weighted by Crippen LogP contribution is -2.48. The van der Waals surface area contributed by atoms with Crippen LogP contribution in [0.5, 0.6) is 0 Å². The molecule has 1 fully saturated rings. The predicted molar refractivity (Wildman–Crippen MR) is 69.4 cm³/mol. The zero-order valence-electron chi connectivity index (χ0n) is 10.5. The van der Waals surface area contributed by atoms with Crippen molar-refractivity contribution in [1.29, 1.82) is 0 Å². The maximum Gasteiger partial charge on any atom is 0.218 e. The van der Waals surface area contributed by atoms with Crippen LogP contribution in [0.15, 0.2) is 24.3 Å². The fraction of sp³-hybridized carbons (Fsp3) is 0.500. The molecule has 1 saturated heterocycles. The summed E-state index contributed by atoms with van der Waals surface area (Å²) in [6.45, 7) is 1.26. The van der Waals surface area contributed by atoms with Crippen molar-refractivity contribution in [3.05, 3.63) is 35.6 Å². The number of halogens is 1. The molecule has 5 nitrogen and oxygen atoms in total. The van der Waals surface area contributed by atoms with E-state index in [2.05, 4.69) is 0 Å². The molecule has 106 valence electrons. The van der Waals surface area contributed by atoms with Crippen LogP contribution in [0.4, 0.5) is 4.39 Å². The Bertz CT molecular complexity index is 518. The van der Waals surface area contributed by atoms with Crippen molar-refractivity contribution < 1.29 is 17.5 Å². The molecule has 0 saturated carbocycles. The summed E-state index contributed by atoms with van der Waals surface area (Å²) in [5.74, 6) is -0.513. The van der Waals surface area contributed by atoms with Crippen molar-refractivity contribution in [2.45, 2.75) is 11.9 Å². The lowest BCUT2D eigenvalue weighted by atomic mass is 10.2. The molecule has 0 amide bonds. The van der Waals surface area contributed by atoms with Gasteiger partial charge in [-0.1, -0.05) is 12.1 Å². The second-order valence-electron chi connectivity index (χ2n) is 4.47. The van der Waals surface area contributed by atoms with Gasteiger partial charge in [0.2, 0.25) is 10.0 Å². The van der Waals surface area contributed by atoms with Crippen molar-refractivity contribution in [1.82, 2.24) is 4.31 Å². The molecule has 0 bridgehead atoms. The van der Waals surface area contributed by atoms with E-state index in [1.165, 1.54) is 28.6 Å². The van der Waals surface area contributed by atoms with Gasteiger partial charge >= 0.3 is 0 Å². The van der Waals surface area contributed by atoms with Crippen LogP contribution < -0.4 is 5.73 Å². The van der Waals surface area contributed by atoms with E-state index in [-0.39, 0.29) is 24.2 Å². The highest BCUT2D eigenvalue weighted by Crippen LogP contribution is 2.15. The maximum atomic E-state index is 12.8. The van der Waals surface area contributed by atoms with Gasteiger partial charge in [-0.3, -0.25) is 0 Å². The van der Waals surface area contributed by atoms with E-state index in [9.17, 15) is 12.8 Å². The van der Waals surface area contributed by atoms with Crippen LogP contribution in [-0.2, 0) is 20.5 Å². The van der Waals surface area contributed by atoms with E-state index in [1.807, 2.05) is 0 Å². The van der Waals surface area contributed by atoms with Gasteiger partial charge in [0.05, 0.1) is 18.5 Å². The number of sulfonamides is 1. The molecule has 1 unspecified atom stereocenters. The van der Waals surface area contributed by atoms with Crippen molar-refractivity contribution in [3.63, 3.8) is 0 Å². The average molecular weight is 288 g/mol. The first-order valence-electron chi connectivity index (χ1n) is 6.05. The highest BCUT2D eigenvalue weighted by molar-refractivity contribution is 7.88. The SMILES string of the molecule is NCC1CN(S(=O)(=O)Cc2ccc(F)cc2)CCO1. The van der Waals surface area contributed by atoms with Crippen LogP contribution in [0.1, 0.15) is 5.56 Å². The van der Waals surface area contributed by atoms with Crippen molar-refractivity contribution in [2.75, 3.05) is 26.2 Å². The number of nitrogens with two attached hydrogens (primary N) is 1. The van der Waals surface area contributed by atoms with Gasteiger partial charge in [0.15, 0.2) is 0 Å². The Kier molecular flexibility index (Phi) is 4.51. The first kappa shape index (κ1) is 14.4. The van der Waals surface area contributed by atoms with E-state index < -0.39 is 10.0 Å². The van der Waals surface area contributed by atoms with Gasteiger partial charge in [-0.15, -0.1) is 0 Å². The number of hydrogen-bond donors (Lipinski definition) is 1. The largest absolute Gasteiger partial charge is 0.374 e. The first-order valence-corrected chi connectivity index (χ1v) is 7.66. The van der Waals surface area contributed by atoms with E-state index in [0.29, 0.717) is 25.3 Å². The minimum atomic E-state index is -3.42. The van der Waals surface area contributed by atoms with E-state index in [0.717, 1.165) is 0 Å². The fourth-order valence-corrected chi connectivity index (χ4v) is 3.51. The van der Waals surface area contributed by atoms with E-state index in [4.69, 9.17) is 10.5 Å². The maximum absolute atomic E-state index is 12.8. The third-order valence-corrected chi connectivity index (χ3v) is 4.84. The zero-order valence-corrected chi connectivity index (χ0v) is 11.3. The molecule has 1 aromatic rings. The van der Waals surface area contributed by atoms with Crippen LogP contribution in [0.3, 0.4) is 0 Å². The molecule has 1 heterocycles. The Labute approximate surface area is 112 Å². The Hall–Kier alpha value is -1.02. The molecule has 0 spiro atoms. The first-order chi connectivity index (χ1) is 9.01. The molecule has 1 aromatic carbocycles. The molecule has 1 aliphatic heterocycles. The Morgan fingerprint density at radius 3 is 2.68 bits per heavy atom. The third-order valence-electron chi connectivity index (χ3n) is 3.02. The molecule has 7 heteroatoms. The summed E-state index contributed by atoms with van der Waals surface area (Å²) in [5, 5.41) is 0. The summed E-state index contributed by atoms with van der Waals surface area (Å²) in [7, 11) is -3.42. The number of morpholine rings is 1. The number of hydrogen-bond acceptors (Lipinski definition) is 4. The van der Waals surface area contributed by atoms with Gasteiger partial charge in [0.25, 0.3) is 0 Å². The van der Waals surface area contributed by atoms with Gasteiger partial charge in [-0.2, -0.15) is 4.31 Å². The summed E-state index contributed by atoms with van der Waals surface area (Å²) in [6, 6.07) is 5.47. The Morgan fingerprint density at radius 1 is 1.37 bits per heavy atom. The van der Waals surface area contributed by atoms with Gasteiger partial charge < -0.3 is 10.5 Å². The molecule has 0 aromatic heterocycles. The monoisotopic (exact) mass is 288 g/mol. The molecule has 2 rings (SSSR count). The van der Waals surface area contributed by atoms with Crippen molar-refractivity contribution in [3.8, 4) is 0 Å². The van der Waals surface area contributed by atoms with Crippen molar-refractivity contribution in [2.24, 2.45) is 5.73 Å². The number of rotatable bonds is 4. The minimum Gasteiger partial charge on any atom is -0.374 e. The van der Waals surface area contributed by atoms with Gasteiger partial charge in [-0.05, 0) is 17.7 Å². The zero-order chi connectivity index (χ0) is 13.9. The van der Waals surface area contributed by atoms with E-state index >= 15 is 0 Å². The average Bonchev–Trinajstić information content (AvgIpc) is 2.41. The molecule has 1 aliphatic rings. The fourth-order valence-electron chi connectivity index (χ4n) is 1.97. The quantitative estimate of drug-likeness (QED) is 0.866. The molecule has 1 atom stereocenters. The standard InChI is InChI=1S/C12H17FN2O3S/c13-11-3-1-10(2-4-11)9-19(16,17)15-5-6-18-12(7-14)8-15/h1-4,12H,5-9,14H2. The smallest absolute Gasteiger partial charge is 0.218 e. The van der Waals surface area contributed by atoms with Gasteiger partial charge in [-0.25, -0.2) is 12.8 Å². The minimum absolute atomic E-state index is 0.134. The number of nitrogens with zero attached hydrogens (tertiary/aromatic N) is 1. The summed E-state index contributed by atoms with van der Waals surface area (Å²) in [6.07, 6.45) is -0.253. The highest BCUT2D eigenvalue weighted by Gasteiger charge is 2.28. The summed E-state index contributed by atoms with van der Waals surface area (Å²) in [4.78, 5) is 0.